The third kappa shape index (κ3) is 7.15. The molecular formula is C59H39N5. The highest BCUT2D eigenvalue weighted by Gasteiger charge is 2.18. The molecule has 0 N–H and O–H groups in total. The van der Waals surface area contributed by atoms with Crippen molar-refractivity contribution in [1.29, 1.82) is 5.26 Å². The predicted octanol–water partition coefficient (Wildman–Crippen LogP) is 15.3. The summed E-state index contributed by atoms with van der Waals surface area (Å²) in [5.74, 6) is 0.676. The van der Waals surface area contributed by atoms with E-state index in [0.29, 0.717) is 11.4 Å². The van der Waals surface area contributed by atoms with Crippen molar-refractivity contribution in [3.8, 4) is 67.9 Å². The molecule has 11 aromatic rings. The van der Waals surface area contributed by atoms with Gasteiger partial charge < -0.3 is 9.47 Å². The van der Waals surface area contributed by atoms with E-state index in [1.54, 1.807) is 0 Å². The summed E-state index contributed by atoms with van der Waals surface area (Å²) in [4.78, 5) is 12.2. The van der Waals surface area contributed by atoms with Gasteiger partial charge in [0.2, 0.25) is 0 Å². The largest absolute Gasteiger partial charge is 0.310 e. The Morgan fingerprint density at radius 2 is 0.891 bits per heavy atom. The monoisotopic (exact) mass is 817 g/mol. The molecule has 300 valence electrons. The second-order valence-electron chi connectivity index (χ2n) is 15.8. The van der Waals surface area contributed by atoms with Gasteiger partial charge in [0.15, 0.2) is 5.82 Å². The summed E-state index contributed by atoms with van der Waals surface area (Å²) in [6, 6.07) is 84.3. The minimum Gasteiger partial charge on any atom is -0.310 e. The number of hydrogen-bond donors (Lipinski definition) is 0. The van der Waals surface area contributed by atoms with E-state index in [9.17, 15) is 5.26 Å². The molecular weight excluding hydrogens is 779 g/mol. The number of nitrogens with zero attached hydrogens (tertiary/aromatic N) is 5. The molecule has 0 amide bonds. The summed E-state index contributed by atoms with van der Waals surface area (Å²) < 4.78 is 2.34. The van der Waals surface area contributed by atoms with Gasteiger partial charge in [-0.3, -0.25) is 0 Å². The summed E-state index contributed by atoms with van der Waals surface area (Å²) >= 11 is 0. The molecule has 0 bridgehead atoms. The highest BCUT2D eigenvalue weighted by atomic mass is 15.1. The third-order valence-electron chi connectivity index (χ3n) is 11.9. The second kappa shape index (κ2) is 16.5. The first-order valence-corrected chi connectivity index (χ1v) is 21.4. The maximum Gasteiger partial charge on any atom is 0.160 e. The van der Waals surface area contributed by atoms with Crippen LogP contribution in [0.3, 0.4) is 0 Å². The molecule has 0 spiro atoms. The lowest BCUT2D eigenvalue weighted by atomic mass is 9.94. The van der Waals surface area contributed by atoms with Crippen molar-refractivity contribution in [2.45, 2.75) is 0 Å². The lowest BCUT2D eigenvalue weighted by molar-refractivity contribution is 1.18. The minimum atomic E-state index is 0.618. The fourth-order valence-electron chi connectivity index (χ4n) is 8.74. The number of aromatic nitrogens is 3. The predicted molar refractivity (Wildman–Crippen MR) is 263 cm³/mol. The van der Waals surface area contributed by atoms with Gasteiger partial charge in [-0.2, -0.15) is 5.26 Å². The van der Waals surface area contributed by atoms with E-state index in [1.165, 1.54) is 10.8 Å². The highest BCUT2D eigenvalue weighted by molar-refractivity contribution is 6.10. The molecule has 0 saturated heterocycles. The molecule has 9 aromatic carbocycles. The molecule has 0 saturated carbocycles. The van der Waals surface area contributed by atoms with Gasteiger partial charge in [-0.05, 0) is 95.1 Å². The molecule has 5 nitrogen and oxygen atoms in total. The Bertz CT molecular complexity index is 3370. The van der Waals surface area contributed by atoms with E-state index in [1.807, 2.05) is 60.7 Å². The van der Waals surface area contributed by atoms with Crippen LogP contribution in [0.15, 0.2) is 237 Å². The van der Waals surface area contributed by atoms with Crippen LogP contribution in [0.4, 0.5) is 17.1 Å². The van der Waals surface area contributed by atoms with Crippen molar-refractivity contribution in [1.82, 2.24) is 14.5 Å². The lowest BCUT2D eigenvalue weighted by Crippen LogP contribution is -2.09. The first-order valence-electron chi connectivity index (χ1n) is 21.4. The normalized spacial score (nSPS) is 11.1. The van der Waals surface area contributed by atoms with Crippen molar-refractivity contribution in [3.05, 3.63) is 242 Å². The average Bonchev–Trinajstić information content (AvgIpc) is 3.71. The van der Waals surface area contributed by atoms with E-state index in [0.717, 1.165) is 84.1 Å². The number of rotatable bonds is 9. The van der Waals surface area contributed by atoms with Crippen molar-refractivity contribution in [3.63, 3.8) is 0 Å². The molecule has 2 heterocycles. The summed E-state index contributed by atoms with van der Waals surface area (Å²) in [6.07, 6.45) is 0. The first kappa shape index (κ1) is 38.1. The lowest BCUT2D eigenvalue weighted by Gasteiger charge is -2.25. The van der Waals surface area contributed by atoms with Gasteiger partial charge in [0.1, 0.15) is 0 Å². The van der Waals surface area contributed by atoms with E-state index in [4.69, 9.17) is 9.97 Å². The van der Waals surface area contributed by atoms with E-state index in [-0.39, 0.29) is 0 Å². The zero-order valence-corrected chi connectivity index (χ0v) is 34.8. The van der Waals surface area contributed by atoms with Crippen molar-refractivity contribution >= 4 is 38.9 Å². The van der Waals surface area contributed by atoms with Crippen LogP contribution in [0.2, 0.25) is 0 Å². The van der Waals surface area contributed by atoms with E-state index >= 15 is 0 Å². The summed E-state index contributed by atoms with van der Waals surface area (Å²) in [6.45, 7) is 0. The average molecular weight is 818 g/mol. The Balaban J connectivity index is 0.900. The Hall–Kier alpha value is -8.85. The number of hydrogen-bond acceptors (Lipinski definition) is 4. The highest BCUT2D eigenvalue weighted by Crippen LogP contribution is 2.40. The van der Waals surface area contributed by atoms with Crippen LogP contribution >= 0.6 is 0 Å². The van der Waals surface area contributed by atoms with Gasteiger partial charge in [0.25, 0.3) is 0 Å². The van der Waals surface area contributed by atoms with Crippen molar-refractivity contribution in [2.75, 3.05) is 4.90 Å². The molecule has 64 heavy (non-hydrogen) atoms. The minimum absolute atomic E-state index is 0.618. The second-order valence-corrected chi connectivity index (χ2v) is 15.8. The maximum atomic E-state index is 10.4. The summed E-state index contributed by atoms with van der Waals surface area (Å²) in [5, 5.41) is 12.8. The molecule has 5 heteroatoms. The van der Waals surface area contributed by atoms with Crippen molar-refractivity contribution < 1.29 is 0 Å². The molecule has 0 fully saturated rings. The fraction of sp³-hybridized carbons (Fsp3) is 0. The molecule has 11 rings (SSSR count). The number of anilines is 3. The first-order chi connectivity index (χ1) is 31.7. The molecule has 2 aromatic heterocycles. The van der Waals surface area contributed by atoms with Crippen LogP contribution in [-0.2, 0) is 0 Å². The Kier molecular flexibility index (Phi) is 9.85. The molecule has 0 atom stereocenters. The van der Waals surface area contributed by atoms with Crippen LogP contribution in [0.1, 0.15) is 5.56 Å². The molecule has 0 unspecified atom stereocenters. The smallest absolute Gasteiger partial charge is 0.160 e. The van der Waals surface area contributed by atoms with E-state index in [2.05, 4.69) is 191 Å². The number of benzene rings is 9. The summed E-state index contributed by atoms with van der Waals surface area (Å²) in [7, 11) is 0. The van der Waals surface area contributed by atoms with Crippen LogP contribution in [0.5, 0.6) is 0 Å². The number of para-hydroxylation sites is 3. The molecule has 0 aliphatic carbocycles. The zero-order chi connectivity index (χ0) is 42.8. The quantitative estimate of drug-likeness (QED) is 0.146. The van der Waals surface area contributed by atoms with E-state index < -0.39 is 0 Å². The van der Waals surface area contributed by atoms with Gasteiger partial charge in [-0.1, -0.05) is 164 Å². The van der Waals surface area contributed by atoms with Crippen molar-refractivity contribution in [2.24, 2.45) is 0 Å². The van der Waals surface area contributed by atoms with Gasteiger partial charge in [-0.25, -0.2) is 9.97 Å². The topological polar surface area (TPSA) is 57.7 Å². The Labute approximate surface area is 372 Å². The zero-order valence-electron chi connectivity index (χ0n) is 34.8. The Morgan fingerprint density at radius 3 is 1.53 bits per heavy atom. The van der Waals surface area contributed by atoms with Gasteiger partial charge in [0, 0.05) is 50.2 Å². The Morgan fingerprint density at radius 1 is 0.375 bits per heavy atom. The van der Waals surface area contributed by atoms with Crippen LogP contribution in [0, 0.1) is 11.3 Å². The number of nitriles is 1. The van der Waals surface area contributed by atoms with Gasteiger partial charge in [-0.15, -0.1) is 0 Å². The summed E-state index contributed by atoms with van der Waals surface area (Å²) in [5.41, 5.74) is 15.8. The maximum absolute atomic E-state index is 10.4. The SMILES string of the molecule is N#Cc1cc(-c2ccc(-n3c4ccccc4c4cc(N(c5ccccc5)c5ccccc5)ccc43)cc2)ccc1-c1ccc(-c2cc(-c3ccccc3)nc(-c3ccccc3)n2)cc1. The molecule has 0 aliphatic rings. The van der Waals surface area contributed by atoms with Crippen LogP contribution in [0.25, 0.3) is 83.6 Å². The third-order valence-corrected chi connectivity index (χ3v) is 11.9. The standard InChI is InChI=1S/C59H39N5/c60-40-47-37-46(31-35-52(47)42-25-27-44(28-26-42)56-39-55(43-15-5-1-6-16-43)61-59(62-56)45-17-7-2-8-18-45)41-29-32-50(33-30-41)64-57-24-14-13-23-53(57)54-38-51(34-36-58(54)64)63(48-19-9-3-10-20-48)49-21-11-4-12-22-49/h1-39H. The van der Waals surface area contributed by atoms with Crippen LogP contribution < -0.4 is 4.90 Å². The van der Waals surface area contributed by atoms with Crippen LogP contribution in [-0.4, -0.2) is 14.5 Å². The molecule has 0 aliphatic heterocycles. The fourth-order valence-corrected chi connectivity index (χ4v) is 8.74. The van der Waals surface area contributed by atoms with Gasteiger partial charge >= 0.3 is 0 Å². The number of fused-ring (bicyclic) bond motifs is 3. The molecule has 0 radical (unpaired) electrons. The van der Waals surface area contributed by atoms with Gasteiger partial charge in [0.05, 0.1) is 34.1 Å².